The van der Waals surface area contributed by atoms with Crippen LogP contribution >= 0.6 is 11.6 Å². The lowest BCUT2D eigenvalue weighted by Crippen LogP contribution is -2.48. The number of aliphatic hydroxyl groups is 1. The summed E-state index contributed by atoms with van der Waals surface area (Å²) >= 11 is 5.86. The summed E-state index contributed by atoms with van der Waals surface area (Å²) < 4.78 is 13.8. The Hall–Kier alpha value is -0.680. The number of rotatable bonds is 3. The molecule has 0 aromatic heterocycles. The normalized spacial score (nSPS) is 20.7. The van der Waals surface area contributed by atoms with Crippen LogP contribution in [0.1, 0.15) is 12.5 Å². The van der Waals surface area contributed by atoms with Gasteiger partial charge in [0.05, 0.1) is 0 Å². The Morgan fingerprint density at radius 2 is 2.11 bits per heavy atom. The van der Waals surface area contributed by atoms with Gasteiger partial charge in [0.25, 0.3) is 0 Å². The molecule has 1 fully saturated rings. The Bertz CT molecular complexity index is 419. The minimum Gasteiger partial charge on any atom is -0.384 e. The van der Waals surface area contributed by atoms with Gasteiger partial charge in [-0.15, -0.1) is 0 Å². The molecule has 1 heterocycles. The standard InChI is InChI=1S/C13H18ClFN2O/c1-13(18,9-17-6-4-16-5-7-17)11-8-10(14)2-3-12(11)15/h2-3,8,16,18H,4-7,9H2,1H3. The first-order valence-electron chi connectivity index (χ1n) is 6.10. The van der Waals surface area contributed by atoms with E-state index in [0.29, 0.717) is 11.6 Å². The maximum Gasteiger partial charge on any atom is 0.129 e. The molecule has 3 nitrogen and oxygen atoms in total. The molecule has 0 amide bonds. The number of β-amino-alcohol motifs (C(OH)–C–C–N with tert-alkyl or cyclic N) is 1. The van der Waals surface area contributed by atoms with Gasteiger partial charge in [-0.05, 0) is 25.1 Å². The van der Waals surface area contributed by atoms with Crippen LogP contribution in [0.25, 0.3) is 0 Å². The molecule has 1 aliphatic rings. The van der Waals surface area contributed by atoms with Crippen molar-refractivity contribution >= 4 is 11.6 Å². The van der Waals surface area contributed by atoms with E-state index in [-0.39, 0.29) is 5.56 Å². The fraction of sp³-hybridized carbons (Fsp3) is 0.538. The van der Waals surface area contributed by atoms with Crippen LogP contribution in [0.5, 0.6) is 0 Å². The number of nitrogens with one attached hydrogen (secondary N) is 1. The molecular formula is C13H18ClFN2O. The van der Waals surface area contributed by atoms with E-state index in [4.69, 9.17) is 11.6 Å². The molecule has 5 heteroatoms. The number of hydrogen-bond donors (Lipinski definition) is 2. The first kappa shape index (κ1) is 13.7. The molecule has 1 aliphatic heterocycles. The van der Waals surface area contributed by atoms with Crippen LogP contribution in [0.3, 0.4) is 0 Å². The maximum absolute atomic E-state index is 13.8. The molecule has 2 rings (SSSR count). The van der Waals surface area contributed by atoms with Crippen LogP contribution in [0.2, 0.25) is 5.02 Å². The third-order valence-corrected chi connectivity index (χ3v) is 3.48. The molecule has 0 radical (unpaired) electrons. The lowest BCUT2D eigenvalue weighted by atomic mass is 9.94. The third-order valence-electron chi connectivity index (χ3n) is 3.25. The zero-order valence-corrected chi connectivity index (χ0v) is 11.2. The van der Waals surface area contributed by atoms with Crippen molar-refractivity contribution in [1.82, 2.24) is 10.2 Å². The van der Waals surface area contributed by atoms with Gasteiger partial charge in [-0.3, -0.25) is 4.90 Å². The zero-order valence-electron chi connectivity index (χ0n) is 10.4. The van der Waals surface area contributed by atoms with Crippen LogP contribution in [-0.4, -0.2) is 42.7 Å². The van der Waals surface area contributed by atoms with Gasteiger partial charge in [0.2, 0.25) is 0 Å². The third kappa shape index (κ3) is 3.20. The molecule has 1 aromatic carbocycles. The summed E-state index contributed by atoms with van der Waals surface area (Å²) in [5, 5.41) is 14.2. The number of hydrogen-bond acceptors (Lipinski definition) is 3. The summed E-state index contributed by atoms with van der Waals surface area (Å²) in [6.45, 7) is 5.55. The zero-order chi connectivity index (χ0) is 13.2. The van der Waals surface area contributed by atoms with E-state index < -0.39 is 11.4 Å². The van der Waals surface area contributed by atoms with Crippen molar-refractivity contribution in [3.05, 3.63) is 34.6 Å². The highest BCUT2D eigenvalue weighted by Gasteiger charge is 2.29. The molecule has 18 heavy (non-hydrogen) atoms. The van der Waals surface area contributed by atoms with Gasteiger partial charge < -0.3 is 10.4 Å². The first-order chi connectivity index (χ1) is 8.49. The van der Waals surface area contributed by atoms with Gasteiger partial charge in [-0.2, -0.15) is 0 Å². The summed E-state index contributed by atoms with van der Waals surface area (Å²) in [5.74, 6) is -0.417. The minimum atomic E-state index is -1.23. The topological polar surface area (TPSA) is 35.5 Å². The average molecular weight is 273 g/mol. The van der Waals surface area contributed by atoms with E-state index >= 15 is 0 Å². The molecule has 0 saturated carbocycles. The largest absolute Gasteiger partial charge is 0.384 e. The lowest BCUT2D eigenvalue weighted by molar-refractivity contribution is 0.00977. The highest BCUT2D eigenvalue weighted by Crippen LogP contribution is 2.27. The quantitative estimate of drug-likeness (QED) is 0.877. The number of nitrogens with zero attached hydrogens (tertiary/aromatic N) is 1. The van der Waals surface area contributed by atoms with E-state index in [1.165, 1.54) is 18.2 Å². The summed E-state index contributed by atoms with van der Waals surface area (Å²) in [7, 11) is 0. The van der Waals surface area contributed by atoms with Crippen molar-refractivity contribution in [3.8, 4) is 0 Å². The maximum atomic E-state index is 13.8. The monoisotopic (exact) mass is 272 g/mol. The van der Waals surface area contributed by atoms with Gasteiger partial charge in [-0.25, -0.2) is 4.39 Å². The fourth-order valence-electron chi connectivity index (χ4n) is 2.30. The van der Waals surface area contributed by atoms with Crippen LogP contribution < -0.4 is 5.32 Å². The van der Waals surface area contributed by atoms with Crippen molar-refractivity contribution in [3.63, 3.8) is 0 Å². The van der Waals surface area contributed by atoms with Crippen LogP contribution in [-0.2, 0) is 5.60 Å². The molecular weight excluding hydrogens is 255 g/mol. The predicted molar refractivity (Wildman–Crippen MR) is 70.3 cm³/mol. The van der Waals surface area contributed by atoms with Gasteiger partial charge in [0.1, 0.15) is 11.4 Å². The molecule has 100 valence electrons. The molecule has 0 spiro atoms. The summed E-state index contributed by atoms with van der Waals surface area (Å²) in [6.07, 6.45) is 0. The Labute approximate surface area is 112 Å². The molecule has 1 atom stereocenters. The second-order valence-electron chi connectivity index (χ2n) is 4.92. The lowest BCUT2D eigenvalue weighted by Gasteiger charge is -2.34. The minimum absolute atomic E-state index is 0.258. The van der Waals surface area contributed by atoms with E-state index in [2.05, 4.69) is 10.2 Å². The van der Waals surface area contributed by atoms with Crippen molar-refractivity contribution in [2.45, 2.75) is 12.5 Å². The van der Waals surface area contributed by atoms with Gasteiger partial charge in [0.15, 0.2) is 0 Å². The van der Waals surface area contributed by atoms with E-state index in [0.717, 1.165) is 26.2 Å². The van der Waals surface area contributed by atoms with E-state index in [1.54, 1.807) is 6.92 Å². The van der Waals surface area contributed by atoms with Crippen molar-refractivity contribution < 1.29 is 9.50 Å². The summed E-state index contributed by atoms with van der Waals surface area (Å²) in [4.78, 5) is 2.12. The van der Waals surface area contributed by atoms with Gasteiger partial charge >= 0.3 is 0 Å². The SMILES string of the molecule is CC(O)(CN1CCNCC1)c1cc(Cl)ccc1F. The molecule has 1 aromatic rings. The first-order valence-corrected chi connectivity index (χ1v) is 6.48. The molecule has 1 saturated heterocycles. The Balaban J connectivity index is 2.15. The van der Waals surface area contributed by atoms with Crippen molar-refractivity contribution in [2.75, 3.05) is 32.7 Å². The van der Waals surface area contributed by atoms with Gasteiger partial charge in [0, 0.05) is 43.3 Å². The molecule has 0 bridgehead atoms. The van der Waals surface area contributed by atoms with E-state index in [1.807, 2.05) is 0 Å². The number of benzene rings is 1. The van der Waals surface area contributed by atoms with E-state index in [9.17, 15) is 9.50 Å². The predicted octanol–water partition coefficient (Wildman–Crippen LogP) is 1.59. The Morgan fingerprint density at radius 3 is 2.78 bits per heavy atom. The second-order valence-corrected chi connectivity index (χ2v) is 5.36. The smallest absolute Gasteiger partial charge is 0.129 e. The summed E-state index contributed by atoms with van der Waals surface area (Å²) in [5.41, 5.74) is -0.972. The highest BCUT2D eigenvalue weighted by molar-refractivity contribution is 6.30. The number of piperazine rings is 1. The average Bonchev–Trinajstić information content (AvgIpc) is 2.33. The van der Waals surface area contributed by atoms with Crippen LogP contribution in [0.4, 0.5) is 4.39 Å². The molecule has 0 aliphatic carbocycles. The highest BCUT2D eigenvalue weighted by atomic mass is 35.5. The summed E-state index contributed by atoms with van der Waals surface area (Å²) in [6, 6.07) is 4.28. The van der Waals surface area contributed by atoms with Crippen molar-refractivity contribution in [1.29, 1.82) is 0 Å². The fourth-order valence-corrected chi connectivity index (χ4v) is 2.47. The van der Waals surface area contributed by atoms with Crippen LogP contribution in [0, 0.1) is 5.82 Å². The van der Waals surface area contributed by atoms with Gasteiger partial charge in [-0.1, -0.05) is 11.6 Å². The number of halogens is 2. The van der Waals surface area contributed by atoms with Crippen LogP contribution in [0.15, 0.2) is 18.2 Å². The Kier molecular flexibility index (Phi) is 4.22. The molecule has 1 unspecified atom stereocenters. The Morgan fingerprint density at radius 1 is 1.44 bits per heavy atom. The van der Waals surface area contributed by atoms with Crippen molar-refractivity contribution in [2.24, 2.45) is 0 Å². The molecule has 2 N–H and O–H groups in total. The second kappa shape index (κ2) is 5.53.